The molecular weight excluding hydrogens is 304 g/mol. The summed E-state index contributed by atoms with van der Waals surface area (Å²) < 4.78 is 5.15. The second-order valence-corrected chi connectivity index (χ2v) is 6.27. The van der Waals surface area contributed by atoms with Crippen molar-refractivity contribution in [2.24, 2.45) is 0 Å². The summed E-state index contributed by atoms with van der Waals surface area (Å²) in [6.45, 7) is 5.78. The number of nitrogens with zero attached hydrogens (tertiary/aromatic N) is 3. The molecular formula is C18H24N4O2. The number of rotatable bonds is 5. The average Bonchev–Trinajstić information content (AvgIpc) is 2.92. The van der Waals surface area contributed by atoms with Crippen LogP contribution in [0.15, 0.2) is 22.9 Å². The third-order valence-corrected chi connectivity index (χ3v) is 4.50. The normalized spacial score (nSPS) is 14.7. The third kappa shape index (κ3) is 3.75. The standard InChI is InChI=1S/C18H24N4O2/c1-13-15(14(2)24-21-13)8-9-17(23)20-16-7-6-10-19-18(16)22-11-4-3-5-12-22/h6-7,10H,3-5,8-9,11-12H2,1-2H3,(H,20,23). The Morgan fingerprint density at radius 1 is 1.29 bits per heavy atom. The Kier molecular flexibility index (Phi) is 5.13. The van der Waals surface area contributed by atoms with Gasteiger partial charge in [0.1, 0.15) is 5.76 Å². The number of amides is 1. The Balaban J connectivity index is 1.64. The van der Waals surface area contributed by atoms with Gasteiger partial charge >= 0.3 is 0 Å². The highest BCUT2D eigenvalue weighted by molar-refractivity contribution is 5.93. The van der Waals surface area contributed by atoms with Crippen LogP contribution in [0.3, 0.4) is 0 Å². The van der Waals surface area contributed by atoms with E-state index in [0.717, 1.165) is 41.6 Å². The van der Waals surface area contributed by atoms with Crippen molar-refractivity contribution in [2.75, 3.05) is 23.3 Å². The van der Waals surface area contributed by atoms with Crippen LogP contribution in [0.2, 0.25) is 0 Å². The van der Waals surface area contributed by atoms with E-state index in [4.69, 9.17) is 4.52 Å². The largest absolute Gasteiger partial charge is 0.361 e. The number of carbonyl (C=O) groups excluding carboxylic acids is 1. The molecule has 6 nitrogen and oxygen atoms in total. The van der Waals surface area contributed by atoms with Gasteiger partial charge in [0.25, 0.3) is 0 Å². The van der Waals surface area contributed by atoms with Crippen molar-refractivity contribution >= 4 is 17.4 Å². The predicted octanol–water partition coefficient (Wildman–Crippen LogP) is 3.25. The summed E-state index contributed by atoms with van der Waals surface area (Å²) in [7, 11) is 0. The number of carbonyl (C=O) groups is 1. The number of aryl methyl sites for hydroxylation is 2. The molecule has 1 N–H and O–H groups in total. The zero-order valence-electron chi connectivity index (χ0n) is 14.3. The number of hydrogen-bond acceptors (Lipinski definition) is 5. The van der Waals surface area contributed by atoms with E-state index in [9.17, 15) is 4.79 Å². The fraction of sp³-hybridized carbons (Fsp3) is 0.500. The van der Waals surface area contributed by atoms with Crippen molar-refractivity contribution in [3.63, 3.8) is 0 Å². The van der Waals surface area contributed by atoms with Gasteiger partial charge in [-0.2, -0.15) is 0 Å². The molecule has 0 bridgehead atoms. The molecule has 3 heterocycles. The van der Waals surface area contributed by atoms with Crippen LogP contribution in [0.25, 0.3) is 0 Å². The molecule has 0 radical (unpaired) electrons. The van der Waals surface area contributed by atoms with Gasteiger partial charge in [0, 0.05) is 31.3 Å². The molecule has 0 aliphatic carbocycles. The SMILES string of the molecule is Cc1noc(C)c1CCC(=O)Nc1cccnc1N1CCCCC1. The van der Waals surface area contributed by atoms with Crippen LogP contribution in [-0.2, 0) is 11.2 Å². The Labute approximate surface area is 142 Å². The predicted molar refractivity (Wildman–Crippen MR) is 93.2 cm³/mol. The smallest absolute Gasteiger partial charge is 0.224 e. The zero-order chi connectivity index (χ0) is 16.9. The molecule has 6 heteroatoms. The van der Waals surface area contributed by atoms with E-state index in [1.54, 1.807) is 6.20 Å². The maximum Gasteiger partial charge on any atom is 0.224 e. The fourth-order valence-electron chi connectivity index (χ4n) is 3.16. The van der Waals surface area contributed by atoms with E-state index in [2.05, 4.69) is 20.4 Å². The van der Waals surface area contributed by atoms with Crippen LogP contribution in [0, 0.1) is 13.8 Å². The summed E-state index contributed by atoms with van der Waals surface area (Å²) in [5.41, 5.74) is 2.67. The maximum absolute atomic E-state index is 12.4. The second-order valence-electron chi connectivity index (χ2n) is 6.27. The summed E-state index contributed by atoms with van der Waals surface area (Å²) in [5, 5.41) is 6.95. The molecule has 0 aromatic carbocycles. The van der Waals surface area contributed by atoms with Crippen LogP contribution in [0.4, 0.5) is 11.5 Å². The molecule has 2 aromatic heterocycles. The molecule has 0 atom stereocenters. The van der Waals surface area contributed by atoms with Gasteiger partial charge in [-0.3, -0.25) is 4.79 Å². The van der Waals surface area contributed by atoms with E-state index < -0.39 is 0 Å². The first kappa shape index (κ1) is 16.5. The van der Waals surface area contributed by atoms with Crippen LogP contribution in [-0.4, -0.2) is 29.1 Å². The van der Waals surface area contributed by atoms with Gasteiger partial charge in [-0.1, -0.05) is 5.16 Å². The van der Waals surface area contributed by atoms with Gasteiger partial charge in [0.05, 0.1) is 11.4 Å². The molecule has 1 saturated heterocycles. The lowest BCUT2D eigenvalue weighted by molar-refractivity contribution is -0.116. The summed E-state index contributed by atoms with van der Waals surface area (Å²) in [5.74, 6) is 1.65. The van der Waals surface area contributed by atoms with Crippen molar-refractivity contribution in [3.8, 4) is 0 Å². The van der Waals surface area contributed by atoms with Gasteiger partial charge in [-0.05, 0) is 51.7 Å². The van der Waals surface area contributed by atoms with Crippen molar-refractivity contribution < 1.29 is 9.32 Å². The number of hydrogen-bond donors (Lipinski definition) is 1. The first-order valence-electron chi connectivity index (χ1n) is 8.56. The maximum atomic E-state index is 12.4. The van der Waals surface area contributed by atoms with Crippen molar-refractivity contribution in [2.45, 2.75) is 46.0 Å². The lowest BCUT2D eigenvalue weighted by Gasteiger charge is -2.29. The molecule has 3 rings (SSSR count). The van der Waals surface area contributed by atoms with E-state index in [1.165, 1.54) is 19.3 Å². The number of pyridine rings is 1. The van der Waals surface area contributed by atoms with Gasteiger partial charge < -0.3 is 14.7 Å². The first-order chi connectivity index (χ1) is 11.6. The monoisotopic (exact) mass is 328 g/mol. The highest BCUT2D eigenvalue weighted by Crippen LogP contribution is 2.26. The Morgan fingerprint density at radius 3 is 2.79 bits per heavy atom. The molecule has 0 unspecified atom stereocenters. The molecule has 2 aromatic rings. The lowest BCUT2D eigenvalue weighted by atomic mass is 10.1. The van der Waals surface area contributed by atoms with Crippen LogP contribution >= 0.6 is 0 Å². The third-order valence-electron chi connectivity index (χ3n) is 4.50. The number of nitrogens with one attached hydrogen (secondary N) is 1. The van der Waals surface area contributed by atoms with E-state index in [-0.39, 0.29) is 5.91 Å². The summed E-state index contributed by atoms with van der Waals surface area (Å²) in [6, 6.07) is 3.78. The summed E-state index contributed by atoms with van der Waals surface area (Å²) >= 11 is 0. The topological polar surface area (TPSA) is 71.3 Å². The van der Waals surface area contributed by atoms with Crippen LogP contribution in [0.1, 0.15) is 42.7 Å². The van der Waals surface area contributed by atoms with Crippen molar-refractivity contribution in [1.82, 2.24) is 10.1 Å². The molecule has 24 heavy (non-hydrogen) atoms. The Morgan fingerprint density at radius 2 is 2.08 bits per heavy atom. The molecule has 1 fully saturated rings. The Bertz CT molecular complexity index is 685. The fourth-order valence-corrected chi connectivity index (χ4v) is 3.16. The highest BCUT2D eigenvalue weighted by atomic mass is 16.5. The minimum Gasteiger partial charge on any atom is -0.361 e. The van der Waals surface area contributed by atoms with E-state index >= 15 is 0 Å². The van der Waals surface area contributed by atoms with Crippen LogP contribution < -0.4 is 10.2 Å². The molecule has 128 valence electrons. The molecule has 1 aliphatic heterocycles. The second kappa shape index (κ2) is 7.47. The van der Waals surface area contributed by atoms with Crippen molar-refractivity contribution in [1.29, 1.82) is 0 Å². The summed E-state index contributed by atoms with van der Waals surface area (Å²) in [6.07, 6.45) is 6.43. The van der Waals surface area contributed by atoms with E-state index in [0.29, 0.717) is 12.8 Å². The van der Waals surface area contributed by atoms with E-state index in [1.807, 2.05) is 26.0 Å². The van der Waals surface area contributed by atoms with Gasteiger partial charge in [0.2, 0.25) is 5.91 Å². The average molecular weight is 328 g/mol. The minimum absolute atomic E-state index is 0.0127. The van der Waals surface area contributed by atoms with Crippen LogP contribution in [0.5, 0.6) is 0 Å². The minimum atomic E-state index is -0.0127. The van der Waals surface area contributed by atoms with Gasteiger partial charge in [0.15, 0.2) is 5.82 Å². The molecule has 1 amide bonds. The number of aromatic nitrogens is 2. The molecule has 0 saturated carbocycles. The molecule has 1 aliphatic rings. The first-order valence-corrected chi connectivity index (χ1v) is 8.56. The number of anilines is 2. The summed E-state index contributed by atoms with van der Waals surface area (Å²) in [4.78, 5) is 19.1. The highest BCUT2D eigenvalue weighted by Gasteiger charge is 2.17. The lowest BCUT2D eigenvalue weighted by Crippen LogP contribution is -2.31. The zero-order valence-corrected chi connectivity index (χ0v) is 14.3. The number of piperidine rings is 1. The van der Waals surface area contributed by atoms with Gasteiger partial charge in [-0.15, -0.1) is 0 Å². The molecule has 0 spiro atoms. The Hall–Kier alpha value is -2.37. The van der Waals surface area contributed by atoms with Gasteiger partial charge in [-0.25, -0.2) is 4.98 Å². The quantitative estimate of drug-likeness (QED) is 0.912. The van der Waals surface area contributed by atoms with Crippen molar-refractivity contribution in [3.05, 3.63) is 35.3 Å².